The molecule has 2 aromatic rings. The van der Waals surface area contributed by atoms with Gasteiger partial charge < -0.3 is 16.0 Å². The number of nitrogen functional groups attached to an aromatic ring is 1. The van der Waals surface area contributed by atoms with E-state index in [4.69, 9.17) is 5.73 Å². The van der Waals surface area contributed by atoms with Gasteiger partial charge in [-0.3, -0.25) is 4.79 Å². The first-order valence-corrected chi connectivity index (χ1v) is 8.27. The fourth-order valence-electron chi connectivity index (χ4n) is 2.91. The van der Waals surface area contributed by atoms with Crippen LogP contribution in [0.15, 0.2) is 36.5 Å². The molecule has 0 aliphatic carbocycles. The molecule has 24 heavy (non-hydrogen) atoms. The minimum absolute atomic E-state index is 0.196. The molecule has 3 heterocycles. The highest BCUT2D eigenvalue weighted by Crippen LogP contribution is 2.19. The third-order valence-electron chi connectivity index (χ3n) is 4.38. The first-order chi connectivity index (χ1) is 11.6. The molecule has 3 N–H and O–H groups in total. The van der Waals surface area contributed by atoms with Crippen LogP contribution in [0.2, 0.25) is 0 Å². The van der Waals surface area contributed by atoms with E-state index in [1.165, 1.54) is 0 Å². The molecule has 3 rings (SSSR count). The van der Waals surface area contributed by atoms with Crippen LogP contribution in [0.3, 0.4) is 0 Å². The van der Waals surface area contributed by atoms with Crippen LogP contribution >= 0.6 is 0 Å². The summed E-state index contributed by atoms with van der Waals surface area (Å²) in [5.41, 5.74) is 6.60. The Morgan fingerprint density at radius 2 is 2.17 bits per heavy atom. The molecule has 6 heteroatoms. The van der Waals surface area contributed by atoms with Gasteiger partial charge in [0, 0.05) is 31.9 Å². The third kappa shape index (κ3) is 3.38. The minimum Gasteiger partial charge on any atom is -0.383 e. The van der Waals surface area contributed by atoms with Crippen molar-refractivity contribution < 1.29 is 4.79 Å². The van der Waals surface area contributed by atoms with E-state index in [1.54, 1.807) is 24.4 Å². The number of hydrogen-bond donors (Lipinski definition) is 2. The zero-order valence-electron chi connectivity index (χ0n) is 14.1. The van der Waals surface area contributed by atoms with Gasteiger partial charge in [0.2, 0.25) is 5.78 Å². The number of piperazine rings is 1. The molecular formula is C18H23N5O. The van der Waals surface area contributed by atoms with Crippen molar-refractivity contribution in [1.82, 2.24) is 15.3 Å². The summed E-state index contributed by atoms with van der Waals surface area (Å²) in [4.78, 5) is 23.4. The van der Waals surface area contributed by atoms with E-state index in [0.29, 0.717) is 23.2 Å². The number of ketones is 1. The minimum atomic E-state index is -0.196. The van der Waals surface area contributed by atoms with Crippen LogP contribution in [-0.2, 0) is 0 Å². The molecule has 2 aromatic heterocycles. The molecule has 0 spiro atoms. The summed E-state index contributed by atoms with van der Waals surface area (Å²) in [7, 11) is 0. The highest BCUT2D eigenvalue weighted by molar-refractivity contribution is 6.10. The van der Waals surface area contributed by atoms with Crippen molar-refractivity contribution in [3.63, 3.8) is 0 Å². The Kier molecular flexibility index (Phi) is 4.76. The van der Waals surface area contributed by atoms with Crippen molar-refractivity contribution in [2.75, 3.05) is 30.3 Å². The van der Waals surface area contributed by atoms with Gasteiger partial charge in [-0.1, -0.05) is 19.9 Å². The molecule has 0 radical (unpaired) electrons. The maximum Gasteiger partial charge on any atom is 0.215 e. The Bertz CT molecular complexity index is 731. The standard InChI is InChI=1S/C18H23N5O/c1-12(2)15-11-23(10-9-20-15)16-7-3-6-14(22-16)17(24)13-5-4-8-21-18(13)19/h3-8,12,15,20H,9-11H2,1-2H3,(H2,19,21)/t15-/m1/s1. The van der Waals surface area contributed by atoms with E-state index in [9.17, 15) is 4.79 Å². The predicted molar refractivity (Wildman–Crippen MR) is 95.2 cm³/mol. The molecule has 1 saturated heterocycles. The zero-order valence-corrected chi connectivity index (χ0v) is 14.1. The van der Waals surface area contributed by atoms with Gasteiger partial charge in [0.1, 0.15) is 17.3 Å². The molecule has 6 nitrogen and oxygen atoms in total. The summed E-state index contributed by atoms with van der Waals surface area (Å²) in [6, 6.07) is 9.35. The Morgan fingerprint density at radius 3 is 2.92 bits per heavy atom. The average molecular weight is 325 g/mol. The Balaban J connectivity index is 1.84. The van der Waals surface area contributed by atoms with Crippen molar-refractivity contribution in [2.24, 2.45) is 5.92 Å². The van der Waals surface area contributed by atoms with Crippen molar-refractivity contribution >= 4 is 17.4 Å². The average Bonchev–Trinajstić information content (AvgIpc) is 2.62. The molecule has 1 fully saturated rings. The lowest BCUT2D eigenvalue weighted by atomic mass is 10.0. The molecule has 1 aliphatic heterocycles. The second kappa shape index (κ2) is 6.97. The first kappa shape index (κ1) is 16.4. The number of rotatable bonds is 4. The van der Waals surface area contributed by atoms with Gasteiger partial charge >= 0.3 is 0 Å². The normalized spacial score (nSPS) is 18.0. The van der Waals surface area contributed by atoms with Crippen molar-refractivity contribution in [1.29, 1.82) is 0 Å². The largest absolute Gasteiger partial charge is 0.383 e. The fourth-order valence-corrected chi connectivity index (χ4v) is 2.91. The lowest BCUT2D eigenvalue weighted by Gasteiger charge is -2.36. The summed E-state index contributed by atoms with van der Waals surface area (Å²) in [5.74, 6) is 1.41. The smallest absolute Gasteiger partial charge is 0.215 e. The summed E-state index contributed by atoms with van der Waals surface area (Å²) in [5, 5.41) is 3.53. The lowest BCUT2D eigenvalue weighted by molar-refractivity contribution is 0.103. The monoisotopic (exact) mass is 325 g/mol. The molecule has 0 bridgehead atoms. The molecule has 0 unspecified atom stereocenters. The number of nitrogens with two attached hydrogens (primary N) is 1. The van der Waals surface area contributed by atoms with Crippen molar-refractivity contribution in [3.05, 3.63) is 47.8 Å². The van der Waals surface area contributed by atoms with Crippen LogP contribution in [-0.4, -0.2) is 41.4 Å². The second-order valence-electron chi connectivity index (χ2n) is 6.40. The van der Waals surface area contributed by atoms with Gasteiger partial charge in [0.05, 0.1) is 5.56 Å². The van der Waals surface area contributed by atoms with Gasteiger partial charge in [0.15, 0.2) is 0 Å². The van der Waals surface area contributed by atoms with Crippen LogP contribution in [0.5, 0.6) is 0 Å². The predicted octanol–water partition coefficient (Wildman–Crippen LogP) is 1.72. The first-order valence-electron chi connectivity index (χ1n) is 8.27. The van der Waals surface area contributed by atoms with Crippen LogP contribution < -0.4 is 16.0 Å². The van der Waals surface area contributed by atoms with Crippen LogP contribution in [0, 0.1) is 5.92 Å². The van der Waals surface area contributed by atoms with E-state index in [-0.39, 0.29) is 11.6 Å². The number of nitrogens with zero attached hydrogens (tertiary/aromatic N) is 3. The molecule has 1 aliphatic rings. The molecule has 0 saturated carbocycles. The van der Waals surface area contributed by atoms with E-state index in [0.717, 1.165) is 25.5 Å². The Hall–Kier alpha value is -2.47. The SMILES string of the molecule is CC(C)[C@H]1CN(c2cccc(C(=O)c3cccnc3N)n2)CCN1. The summed E-state index contributed by atoms with van der Waals surface area (Å²) < 4.78 is 0. The van der Waals surface area contributed by atoms with Crippen molar-refractivity contribution in [2.45, 2.75) is 19.9 Å². The van der Waals surface area contributed by atoms with Gasteiger partial charge in [-0.15, -0.1) is 0 Å². The highest BCUT2D eigenvalue weighted by Gasteiger charge is 2.23. The molecular weight excluding hydrogens is 302 g/mol. The van der Waals surface area contributed by atoms with Gasteiger partial charge in [-0.2, -0.15) is 0 Å². The maximum atomic E-state index is 12.7. The third-order valence-corrected chi connectivity index (χ3v) is 4.38. The summed E-state index contributed by atoms with van der Waals surface area (Å²) >= 11 is 0. The molecule has 1 atom stereocenters. The number of hydrogen-bond acceptors (Lipinski definition) is 6. The Labute approximate surface area is 142 Å². The topological polar surface area (TPSA) is 84.1 Å². The van der Waals surface area contributed by atoms with E-state index >= 15 is 0 Å². The highest BCUT2D eigenvalue weighted by atomic mass is 16.1. The van der Waals surface area contributed by atoms with Gasteiger partial charge in [0.25, 0.3) is 0 Å². The molecule has 0 aromatic carbocycles. The van der Waals surface area contributed by atoms with Gasteiger partial charge in [-0.25, -0.2) is 9.97 Å². The molecule has 126 valence electrons. The van der Waals surface area contributed by atoms with Crippen LogP contribution in [0.1, 0.15) is 29.9 Å². The molecule has 0 amide bonds. The fraction of sp³-hybridized carbons (Fsp3) is 0.389. The van der Waals surface area contributed by atoms with Crippen LogP contribution in [0.4, 0.5) is 11.6 Å². The second-order valence-corrected chi connectivity index (χ2v) is 6.40. The quantitative estimate of drug-likeness (QED) is 0.833. The summed E-state index contributed by atoms with van der Waals surface area (Å²) in [6.45, 7) is 7.10. The van der Waals surface area contributed by atoms with Crippen molar-refractivity contribution in [3.8, 4) is 0 Å². The van der Waals surface area contributed by atoms with E-state index in [2.05, 4.69) is 34.0 Å². The Morgan fingerprint density at radius 1 is 1.33 bits per heavy atom. The number of pyridine rings is 2. The number of anilines is 2. The van der Waals surface area contributed by atoms with Gasteiger partial charge in [-0.05, 0) is 30.2 Å². The zero-order chi connectivity index (χ0) is 17.1. The maximum absolute atomic E-state index is 12.7. The van der Waals surface area contributed by atoms with Crippen LogP contribution in [0.25, 0.3) is 0 Å². The lowest BCUT2D eigenvalue weighted by Crippen LogP contribution is -2.53. The number of carbonyl (C=O) groups is 1. The number of aromatic nitrogens is 2. The number of carbonyl (C=O) groups excluding carboxylic acids is 1. The van der Waals surface area contributed by atoms with E-state index in [1.807, 2.05) is 12.1 Å². The summed E-state index contributed by atoms with van der Waals surface area (Å²) in [6.07, 6.45) is 1.57. The van der Waals surface area contributed by atoms with E-state index < -0.39 is 0 Å². The number of nitrogens with one attached hydrogen (secondary N) is 1.